The zero-order valence-electron chi connectivity index (χ0n) is 9.96. The number of Topliss-reactive ketones (excluding diaryl/α,β-unsaturated/α-hetero) is 1. The van der Waals surface area contributed by atoms with E-state index in [1.165, 1.54) is 13.0 Å². The number of amides is 1. The molecule has 1 heterocycles. The normalized spacial score (nSPS) is 10.3. The first-order chi connectivity index (χ1) is 8.99. The van der Waals surface area contributed by atoms with Crippen LogP contribution in [0.15, 0.2) is 30.3 Å². The number of H-pyrrole nitrogens is 1. The average molecular weight is 297 g/mol. The van der Waals surface area contributed by atoms with Crippen LogP contribution in [0.1, 0.15) is 27.9 Å². The maximum absolute atomic E-state index is 12.0. The molecular weight excluding hydrogens is 287 g/mol. The van der Waals surface area contributed by atoms with Crippen molar-refractivity contribution in [3.63, 3.8) is 0 Å². The van der Waals surface area contributed by atoms with Gasteiger partial charge < -0.3 is 10.3 Å². The molecule has 1 amide bonds. The SMILES string of the molecule is CC(=O)c1ccc(C(=O)Nc2cccc(Cl)c2Cl)[nH]1. The molecule has 2 aromatic rings. The Labute approximate surface area is 119 Å². The lowest BCUT2D eigenvalue weighted by molar-refractivity contribution is 0.101. The summed E-state index contributed by atoms with van der Waals surface area (Å²) in [5.41, 5.74) is 1.07. The molecule has 0 saturated heterocycles. The van der Waals surface area contributed by atoms with E-state index in [1.54, 1.807) is 24.3 Å². The smallest absolute Gasteiger partial charge is 0.272 e. The largest absolute Gasteiger partial charge is 0.348 e. The van der Waals surface area contributed by atoms with E-state index in [4.69, 9.17) is 23.2 Å². The highest BCUT2D eigenvalue weighted by atomic mass is 35.5. The van der Waals surface area contributed by atoms with Gasteiger partial charge in [-0.05, 0) is 24.3 Å². The Morgan fingerprint density at radius 2 is 1.79 bits per heavy atom. The summed E-state index contributed by atoms with van der Waals surface area (Å²) in [5.74, 6) is -0.531. The number of nitrogens with one attached hydrogen (secondary N) is 2. The molecule has 0 bridgehead atoms. The number of halogens is 2. The minimum absolute atomic E-state index is 0.139. The molecule has 0 saturated carbocycles. The molecule has 0 aliphatic carbocycles. The monoisotopic (exact) mass is 296 g/mol. The number of carbonyl (C=O) groups excluding carboxylic acids is 2. The van der Waals surface area contributed by atoms with Gasteiger partial charge in [0, 0.05) is 6.92 Å². The van der Waals surface area contributed by atoms with Gasteiger partial charge in [0.2, 0.25) is 0 Å². The van der Waals surface area contributed by atoms with Crippen molar-refractivity contribution in [2.24, 2.45) is 0 Å². The van der Waals surface area contributed by atoms with Gasteiger partial charge in [0.05, 0.1) is 21.4 Å². The van der Waals surface area contributed by atoms with Crippen LogP contribution in [0.2, 0.25) is 10.0 Å². The Balaban J connectivity index is 2.21. The van der Waals surface area contributed by atoms with Gasteiger partial charge in [-0.15, -0.1) is 0 Å². The van der Waals surface area contributed by atoms with E-state index >= 15 is 0 Å². The van der Waals surface area contributed by atoms with Gasteiger partial charge in [0.25, 0.3) is 5.91 Å². The second-order valence-electron chi connectivity index (χ2n) is 3.90. The van der Waals surface area contributed by atoms with Crippen molar-refractivity contribution in [3.05, 3.63) is 51.8 Å². The molecule has 98 valence electrons. The van der Waals surface area contributed by atoms with E-state index in [2.05, 4.69) is 10.3 Å². The maximum atomic E-state index is 12.0. The molecule has 1 aromatic heterocycles. The molecule has 0 radical (unpaired) electrons. The van der Waals surface area contributed by atoms with Crippen LogP contribution in [0.25, 0.3) is 0 Å². The third kappa shape index (κ3) is 2.97. The lowest BCUT2D eigenvalue weighted by Gasteiger charge is -2.06. The fraction of sp³-hybridized carbons (Fsp3) is 0.0769. The molecule has 0 atom stereocenters. The quantitative estimate of drug-likeness (QED) is 0.847. The second kappa shape index (κ2) is 5.47. The zero-order valence-corrected chi connectivity index (χ0v) is 11.5. The van der Waals surface area contributed by atoms with Crippen molar-refractivity contribution in [1.82, 2.24) is 4.98 Å². The van der Waals surface area contributed by atoms with Gasteiger partial charge in [-0.2, -0.15) is 0 Å². The van der Waals surface area contributed by atoms with Crippen molar-refractivity contribution >= 4 is 40.6 Å². The molecule has 0 spiro atoms. The summed E-state index contributed by atoms with van der Waals surface area (Å²) in [6, 6.07) is 8.03. The molecule has 2 N–H and O–H groups in total. The van der Waals surface area contributed by atoms with Gasteiger partial charge in [-0.25, -0.2) is 0 Å². The highest BCUT2D eigenvalue weighted by Crippen LogP contribution is 2.29. The molecule has 0 aliphatic heterocycles. The molecule has 4 nitrogen and oxygen atoms in total. The van der Waals surface area contributed by atoms with Gasteiger partial charge >= 0.3 is 0 Å². The van der Waals surface area contributed by atoms with Crippen LogP contribution in [-0.2, 0) is 0 Å². The second-order valence-corrected chi connectivity index (χ2v) is 4.68. The van der Waals surface area contributed by atoms with Crippen molar-refractivity contribution in [1.29, 1.82) is 0 Å². The minimum Gasteiger partial charge on any atom is -0.348 e. The van der Waals surface area contributed by atoms with E-state index in [0.29, 0.717) is 16.4 Å². The molecule has 1 aromatic carbocycles. The molecule has 2 rings (SSSR count). The van der Waals surface area contributed by atoms with E-state index in [9.17, 15) is 9.59 Å². The molecule has 0 unspecified atom stereocenters. The lowest BCUT2D eigenvalue weighted by Crippen LogP contribution is -2.13. The Hall–Kier alpha value is -1.78. The number of hydrogen-bond donors (Lipinski definition) is 2. The third-order valence-corrected chi connectivity index (χ3v) is 3.33. The minimum atomic E-state index is -0.392. The van der Waals surface area contributed by atoms with Gasteiger partial charge in [-0.3, -0.25) is 9.59 Å². The number of hydrogen-bond acceptors (Lipinski definition) is 2. The summed E-state index contributed by atoms with van der Waals surface area (Å²) in [6.45, 7) is 1.42. The summed E-state index contributed by atoms with van der Waals surface area (Å²) in [6.07, 6.45) is 0. The van der Waals surface area contributed by atoms with Crippen LogP contribution in [0.4, 0.5) is 5.69 Å². The number of aromatic amines is 1. The highest BCUT2D eigenvalue weighted by molar-refractivity contribution is 6.44. The van der Waals surface area contributed by atoms with Crippen LogP contribution in [0.3, 0.4) is 0 Å². The van der Waals surface area contributed by atoms with E-state index in [0.717, 1.165) is 0 Å². The summed E-state index contributed by atoms with van der Waals surface area (Å²) in [7, 11) is 0. The van der Waals surface area contributed by atoms with Crippen LogP contribution in [0, 0.1) is 0 Å². The van der Waals surface area contributed by atoms with E-state index < -0.39 is 5.91 Å². The first kappa shape index (κ1) is 13.6. The summed E-state index contributed by atoms with van der Waals surface area (Å²) < 4.78 is 0. The number of rotatable bonds is 3. The first-order valence-corrected chi connectivity index (χ1v) is 6.20. The predicted octanol–water partition coefficient (Wildman–Crippen LogP) is 3.78. The molecule has 0 aliphatic rings. The zero-order chi connectivity index (χ0) is 14.0. The Morgan fingerprint density at radius 3 is 2.42 bits per heavy atom. The third-order valence-electron chi connectivity index (χ3n) is 2.51. The fourth-order valence-electron chi connectivity index (χ4n) is 1.52. The topological polar surface area (TPSA) is 62.0 Å². The van der Waals surface area contributed by atoms with Crippen LogP contribution in [-0.4, -0.2) is 16.7 Å². The summed E-state index contributed by atoms with van der Waals surface area (Å²) in [4.78, 5) is 25.8. The summed E-state index contributed by atoms with van der Waals surface area (Å²) in [5, 5.41) is 3.25. The number of benzene rings is 1. The molecule has 19 heavy (non-hydrogen) atoms. The fourth-order valence-corrected chi connectivity index (χ4v) is 1.87. The predicted molar refractivity (Wildman–Crippen MR) is 75.2 cm³/mol. The number of aromatic nitrogens is 1. The first-order valence-electron chi connectivity index (χ1n) is 5.44. The standard InChI is InChI=1S/C13H10Cl2N2O2/c1-7(18)9-5-6-11(16-9)13(19)17-10-4-2-3-8(14)12(10)15/h2-6,16H,1H3,(H,17,19). The molecular formula is C13H10Cl2N2O2. The molecule has 6 heteroatoms. The highest BCUT2D eigenvalue weighted by Gasteiger charge is 2.12. The van der Waals surface area contributed by atoms with Crippen molar-refractivity contribution in [2.75, 3.05) is 5.32 Å². The van der Waals surface area contributed by atoms with Crippen LogP contribution < -0.4 is 5.32 Å². The number of ketones is 1. The number of carbonyl (C=O) groups is 2. The van der Waals surface area contributed by atoms with Crippen molar-refractivity contribution in [2.45, 2.75) is 6.92 Å². The number of anilines is 1. The lowest BCUT2D eigenvalue weighted by atomic mass is 10.3. The van der Waals surface area contributed by atoms with E-state index in [-0.39, 0.29) is 16.5 Å². The molecule has 0 fully saturated rings. The van der Waals surface area contributed by atoms with Gasteiger partial charge in [0.15, 0.2) is 5.78 Å². The van der Waals surface area contributed by atoms with Crippen molar-refractivity contribution in [3.8, 4) is 0 Å². The maximum Gasteiger partial charge on any atom is 0.272 e. The van der Waals surface area contributed by atoms with Crippen LogP contribution in [0.5, 0.6) is 0 Å². The summed E-state index contributed by atoms with van der Waals surface area (Å²) >= 11 is 11.8. The average Bonchev–Trinajstić information content (AvgIpc) is 2.84. The Morgan fingerprint density at radius 1 is 1.11 bits per heavy atom. The van der Waals surface area contributed by atoms with Crippen LogP contribution >= 0.6 is 23.2 Å². The van der Waals surface area contributed by atoms with Gasteiger partial charge in [0.1, 0.15) is 5.69 Å². The Bertz CT molecular complexity index is 650. The Kier molecular flexibility index (Phi) is 3.93. The van der Waals surface area contributed by atoms with Crippen molar-refractivity contribution < 1.29 is 9.59 Å². The van der Waals surface area contributed by atoms with E-state index in [1.807, 2.05) is 0 Å². The van der Waals surface area contributed by atoms with Gasteiger partial charge in [-0.1, -0.05) is 29.3 Å².